The largest absolute Gasteiger partial charge is 0.481 e. The van der Waals surface area contributed by atoms with Crippen LogP contribution in [0.2, 0.25) is 0 Å². The van der Waals surface area contributed by atoms with Gasteiger partial charge in [-0.15, -0.1) is 0 Å². The number of benzene rings is 1. The Hall–Kier alpha value is -1.94. The fraction of sp³-hybridized carbons (Fsp3) is 0.286. The van der Waals surface area contributed by atoms with Crippen LogP contribution in [-0.2, 0) is 11.2 Å². The van der Waals surface area contributed by atoms with Gasteiger partial charge in [0.15, 0.2) is 0 Å². The summed E-state index contributed by atoms with van der Waals surface area (Å²) in [5.74, 6) is -1.26. The monoisotopic (exact) mass is 244 g/mol. The Morgan fingerprint density at radius 1 is 1.28 bits per heavy atom. The molecule has 0 aliphatic rings. The molecule has 0 aliphatic heterocycles. The lowest BCUT2D eigenvalue weighted by molar-refractivity contribution is -0.141. The van der Waals surface area contributed by atoms with Crippen LogP contribution in [0, 0.1) is 5.92 Å². The fourth-order valence-corrected chi connectivity index (χ4v) is 1.99. The van der Waals surface area contributed by atoms with Gasteiger partial charge in [-0.3, -0.25) is 9.78 Å². The molecule has 2 aromatic rings. The highest BCUT2D eigenvalue weighted by Crippen LogP contribution is 2.15. The molecule has 1 atom stereocenters. The van der Waals surface area contributed by atoms with E-state index in [0.717, 1.165) is 16.6 Å². The van der Waals surface area contributed by atoms with Crippen LogP contribution in [-0.4, -0.2) is 22.6 Å². The Morgan fingerprint density at radius 2 is 2.06 bits per heavy atom. The normalized spacial score (nSPS) is 12.5. The molecule has 3 N–H and O–H groups in total. The summed E-state index contributed by atoms with van der Waals surface area (Å²) >= 11 is 0. The van der Waals surface area contributed by atoms with Crippen molar-refractivity contribution in [1.29, 1.82) is 0 Å². The molecule has 0 spiro atoms. The van der Waals surface area contributed by atoms with Crippen molar-refractivity contribution in [2.45, 2.75) is 12.8 Å². The zero-order chi connectivity index (χ0) is 13.0. The molecule has 0 fully saturated rings. The van der Waals surface area contributed by atoms with Gasteiger partial charge in [0, 0.05) is 17.5 Å². The van der Waals surface area contributed by atoms with E-state index in [1.807, 2.05) is 36.4 Å². The number of carboxylic acid groups (broad SMARTS) is 1. The minimum atomic E-state index is -0.810. The summed E-state index contributed by atoms with van der Waals surface area (Å²) in [6, 6.07) is 11.7. The molecule has 0 radical (unpaired) electrons. The van der Waals surface area contributed by atoms with Crippen molar-refractivity contribution in [2.24, 2.45) is 11.7 Å². The molecule has 0 amide bonds. The third-order valence-electron chi connectivity index (χ3n) is 2.98. The van der Waals surface area contributed by atoms with Gasteiger partial charge in [0.2, 0.25) is 0 Å². The Labute approximate surface area is 105 Å². The van der Waals surface area contributed by atoms with E-state index >= 15 is 0 Å². The van der Waals surface area contributed by atoms with Crippen molar-refractivity contribution in [1.82, 2.24) is 4.98 Å². The van der Waals surface area contributed by atoms with Crippen molar-refractivity contribution >= 4 is 16.9 Å². The van der Waals surface area contributed by atoms with E-state index in [4.69, 9.17) is 10.8 Å². The van der Waals surface area contributed by atoms with Crippen molar-refractivity contribution in [2.75, 3.05) is 6.54 Å². The van der Waals surface area contributed by atoms with Crippen molar-refractivity contribution in [3.8, 4) is 0 Å². The summed E-state index contributed by atoms with van der Waals surface area (Å²) in [6.45, 7) is 0.380. The lowest BCUT2D eigenvalue weighted by Crippen LogP contribution is -2.20. The van der Waals surface area contributed by atoms with Gasteiger partial charge < -0.3 is 10.8 Å². The number of nitrogens with two attached hydrogens (primary N) is 1. The molecule has 4 heteroatoms. The van der Waals surface area contributed by atoms with Gasteiger partial charge in [-0.05, 0) is 25.1 Å². The molecule has 0 saturated carbocycles. The predicted octanol–water partition coefficient (Wildman–Crippen LogP) is 1.83. The standard InChI is InChI=1S/C14H16N2O2/c15-8-7-11(14(17)18)9-12-6-5-10-3-1-2-4-13(10)16-12/h1-6,11H,7-9,15H2,(H,17,18). The maximum Gasteiger partial charge on any atom is 0.306 e. The van der Waals surface area contributed by atoms with Crippen LogP contribution in [0.4, 0.5) is 0 Å². The maximum atomic E-state index is 11.1. The zero-order valence-corrected chi connectivity index (χ0v) is 10.0. The number of hydrogen-bond acceptors (Lipinski definition) is 3. The first kappa shape index (κ1) is 12.5. The summed E-state index contributed by atoms with van der Waals surface area (Å²) in [5, 5.41) is 10.2. The third-order valence-corrected chi connectivity index (χ3v) is 2.98. The van der Waals surface area contributed by atoms with E-state index < -0.39 is 11.9 Å². The molecular weight excluding hydrogens is 228 g/mol. The van der Waals surface area contributed by atoms with E-state index in [0.29, 0.717) is 19.4 Å². The first-order valence-electron chi connectivity index (χ1n) is 5.98. The van der Waals surface area contributed by atoms with E-state index in [2.05, 4.69) is 4.98 Å². The van der Waals surface area contributed by atoms with Crippen LogP contribution in [0.25, 0.3) is 10.9 Å². The zero-order valence-electron chi connectivity index (χ0n) is 10.0. The van der Waals surface area contributed by atoms with Crippen molar-refractivity contribution < 1.29 is 9.90 Å². The second-order valence-corrected chi connectivity index (χ2v) is 4.31. The topological polar surface area (TPSA) is 76.2 Å². The minimum Gasteiger partial charge on any atom is -0.481 e. The molecule has 1 aromatic heterocycles. The number of para-hydroxylation sites is 1. The van der Waals surface area contributed by atoms with E-state index in [1.165, 1.54) is 0 Å². The summed E-state index contributed by atoms with van der Waals surface area (Å²) in [7, 11) is 0. The molecule has 0 bridgehead atoms. The second-order valence-electron chi connectivity index (χ2n) is 4.31. The summed E-state index contributed by atoms with van der Waals surface area (Å²) in [6.07, 6.45) is 0.904. The number of aliphatic carboxylic acids is 1. The molecule has 2 rings (SSSR count). The third kappa shape index (κ3) is 2.84. The van der Waals surface area contributed by atoms with E-state index in [-0.39, 0.29) is 0 Å². The van der Waals surface area contributed by atoms with Crippen LogP contribution in [0.15, 0.2) is 36.4 Å². The number of hydrogen-bond donors (Lipinski definition) is 2. The maximum absolute atomic E-state index is 11.1. The number of nitrogens with zero attached hydrogens (tertiary/aromatic N) is 1. The van der Waals surface area contributed by atoms with Crippen LogP contribution < -0.4 is 5.73 Å². The van der Waals surface area contributed by atoms with Crippen LogP contribution in [0.5, 0.6) is 0 Å². The van der Waals surface area contributed by atoms with E-state index in [9.17, 15) is 4.79 Å². The Bertz CT molecular complexity index is 554. The van der Waals surface area contributed by atoms with Gasteiger partial charge in [0.05, 0.1) is 11.4 Å². The van der Waals surface area contributed by atoms with Crippen LogP contribution in [0.1, 0.15) is 12.1 Å². The SMILES string of the molecule is NCCC(Cc1ccc2ccccc2n1)C(=O)O. The summed E-state index contributed by atoms with van der Waals surface area (Å²) < 4.78 is 0. The second kappa shape index (κ2) is 5.60. The van der Waals surface area contributed by atoms with Gasteiger partial charge in [-0.25, -0.2) is 0 Å². The number of aromatic nitrogens is 1. The molecule has 94 valence electrons. The number of carbonyl (C=O) groups is 1. The van der Waals surface area contributed by atoms with Gasteiger partial charge in [-0.1, -0.05) is 24.3 Å². The highest BCUT2D eigenvalue weighted by Gasteiger charge is 2.17. The first-order valence-corrected chi connectivity index (χ1v) is 5.98. The number of rotatable bonds is 5. The van der Waals surface area contributed by atoms with Gasteiger partial charge >= 0.3 is 5.97 Å². The lowest BCUT2D eigenvalue weighted by Gasteiger charge is -2.10. The van der Waals surface area contributed by atoms with Crippen molar-refractivity contribution in [3.63, 3.8) is 0 Å². The highest BCUT2D eigenvalue weighted by atomic mass is 16.4. The first-order chi connectivity index (χ1) is 8.70. The fourth-order valence-electron chi connectivity index (χ4n) is 1.99. The number of carboxylic acids is 1. The van der Waals surface area contributed by atoms with E-state index in [1.54, 1.807) is 0 Å². The molecule has 1 unspecified atom stereocenters. The molecule has 0 aliphatic carbocycles. The van der Waals surface area contributed by atoms with Crippen LogP contribution in [0.3, 0.4) is 0 Å². The van der Waals surface area contributed by atoms with Crippen LogP contribution >= 0.6 is 0 Å². The quantitative estimate of drug-likeness (QED) is 0.841. The molecule has 0 saturated heterocycles. The van der Waals surface area contributed by atoms with Crippen molar-refractivity contribution in [3.05, 3.63) is 42.1 Å². The summed E-state index contributed by atoms with van der Waals surface area (Å²) in [4.78, 5) is 15.5. The van der Waals surface area contributed by atoms with Gasteiger partial charge in [0.25, 0.3) is 0 Å². The molecule has 1 aromatic carbocycles. The average Bonchev–Trinajstić information content (AvgIpc) is 2.38. The molecule has 1 heterocycles. The predicted molar refractivity (Wildman–Crippen MR) is 70.2 cm³/mol. The summed E-state index contributed by atoms with van der Waals surface area (Å²) in [5.41, 5.74) is 7.12. The Morgan fingerprint density at radius 3 is 2.78 bits per heavy atom. The number of fused-ring (bicyclic) bond motifs is 1. The van der Waals surface area contributed by atoms with Gasteiger partial charge in [0.1, 0.15) is 0 Å². The average molecular weight is 244 g/mol. The van der Waals surface area contributed by atoms with Gasteiger partial charge in [-0.2, -0.15) is 0 Å². The lowest BCUT2D eigenvalue weighted by atomic mass is 9.99. The minimum absolute atomic E-state index is 0.380. The number of pyridine rings is 1. The molecule has 4 nitrogen and oxygen atoms in total. The Kier molecular flexibility index (Phi) is 3.89. The molecular formula is C14H16N2O2. The molecule has 18 heavy (non-hydrogen) atoms. The smallest absolute Gasteiger partial charge is 0.306 e. The highest BCUT2D eigenvalue weighted by molar-refractivity contribution is 5.78. The Balaban J connectivity index is 2.22.